The molecule has 3 atom stereocenters. The molecule has 2 heteroatoms. The maximum absolute atomic E-state index is 3.77. The van der Waals surface area contributed by atoms with Gasteiger partial charge in [0.05, 0.1) is 0 Å². The van der Waals surface area contributed by atoms with Crippen molar-refractivity contribution in [1.29, 1.82) is 0 Å². The van der Waals surface area contributed by atoms with E-state index >= 15 is 0 Å². The summed E-state index contributed by atoms with van der Waals surface area (Å²) in [7, 11) is 0. The first kappa shape index (κ1) is 8.76. The van der Waals surface area contributed by atoms with E-state index in [1.54, 1.807) is 0 Å². The van der Waals surface area contributed by atoms with Gasteiger partial charge in [-0.3, -0.25) is 0 Å². The van der Waals surface area contributed by atoms with Crippen LogP contribution < -0.4 is 0 Å². The van der Waals surface area contributed by atoms with E-state index in [0.29, 0.717) is 4.83 Å². The average molecular weight is 245 g/mol. The van der Waals surface area contributed by atoms with E-state index < -0.39 is 0 Å². The van der Waals surface area contributed by atoms with Gasteiger partial charge < -0.3 is 0 Å². The van der Waals surface area contributed by atoms with Gasteiger partial charge in [-0.1, -0.05) is 28.9 Å². The molecular formula is C10H13BrS. The molecule has 1 fully saturated rings. The van der Waals surface area contributed by atoms with Crippen molar-refractivity contribution >= 4 is 27.3 Å². The van der Waals surface area contributed by atoms with E-state index in [1.165, 1.54) is 17.7 Å². The second kappa shape index (κ2) is 3.51. The van der Waals surface area contributed by atoms with Crippen LogP contribution in [0.25, 0.3) is 0 Å². The Bertz CT molecular complexity index is 242. The quantitative estimate of drug-likeness (QED) is 0.712. The lowest BCUT2D eigenvalue weighted by Gasteiger charge is -2.05. The minimum absolute atomic E-state index is 0.714. The molecule has 1 aromatic heterocycles. The van der Waals surface area contributed by atoms with Gasteiger partial charge in [0, 0.05) is 9.70 Å². The zero-order chi connectivity index (χ0) is 8.55. The van der Waals surface area contributed by atoms with Gasteiger partial charge in [-0.25, -0.2) is 0 Å². The van der Waals surface area contributed by atoms with Crippen LogP contribution in [0.5, 0.6) is 0 Å². The fourth-order valence-electron chi connectivity index (χ4n) is 1.63. The normalized spacial score (nSPS) is 30.2. The molecule has 0 radical (unpaired) electrons. The van der Waals surface area contributed by atoms with Gasteiger partial charge in [-0.2, -0.15) is 0 Å². The molecule has 0 bridgehead atoms. The zero-order valence-corrected chi connectivity index (χ0v) is 9.57. The van der Waals surface area contributed by atoms with Crippen LogP contribution in [-0.2, 0) is 6.42 Å². The smallest absolute Gasteiger partial charge is 0.0224 e. The maximum atomic E-state index is 3.77. The first-order valence-corrected chi connectivity index (χ1v) is 6.23. The van der Waals surface area contributed by atoms with Gasteiger partial charge in [0.1, 0.15) is 0 Å². The Morgan fingerprint density at radius 3 is 3.00 bits per heavy atom. The van der Waals surface area contributed by atoms with Crippen molar-refractivity contribution in [3.63, 3.8) is 0 Å². The maximum Gasteiger partial charge on any atom is 0.0224 e. The van der Waals surface area contributed by atoms with Gasteiger partial charge in [-0.05, 0) is 36.1 Å². The Hall–Kier alpha value is 0.180. The Morgan fingerprint density at radius 2 is 2.50 bits per heavy atom. The Kier molecular flexibility index (Phi) is 2.56. The summed E-state index contributed by atoms with van der Waals surface area (Å²) in [6.45, 7) is 2.34. The van der Waals surface area contributed by atoms with Crippen LogP contribution in [0, 0.1) is 11.8 Å². The monoisotopic (exact) mass is 244 g/mol. The van der Waals surface area contributed by atoms with Crippen LogP contribution in [0.3, 0.4) is 0 Å². The van der Waals surface area contributed by atoms with Gasteiger partial charge in [-0.15, -0.1) is 11.3 Å². The van der Waals surface area contributed by atoms with Crippen molar-refractivity contribution in [2.45, 2.75) is 24.6 Å². The Balaban J connectivity index is 1.87. The van der Waals surface area contributed by atoms with Crippen LogP contribution in [0.15, 0.2) is 17.5 Å². The highest BCUT2D eigenvalue weighted by molar-refractivity contribution is 9.09. The number of alkyl halides is 1. The van der Waals surface area contributed by atoms with Gasteiger partial charge >= 0.3 is 0 Å². The summed E-state index contributed by atoms with van der Waals surface area (Å²) in [5, 5.41) is 2.16. The molecule has 0 aliphatic heterocycles. The molecule has 66 valence electrons. The summed E-state index contributed by atoms with van der Waals surface area (Å²) in [6, 6.07) is 4.36. The fourth-order valence-corrected chi connectivity index (χ4v) is 3.69. The molecule has 1 aliphatic rings. The number of thiophene rings is 1. The molecule has 0 amide bonds. The molecule has 1 heterocycles. The summed E-state index contributed by atoms with van der Waals surface area (Å²) in [6.07, 6.45) is 2.63. The molecule has 2 rings (SSSR count). The highest BCUT2D eigenvalue weighted by Gasteiger charge is 2.37. The third-order valence-electron chi connectivity index (χ3n) is 2.61. The lowest BCUT2D eigenvalue weighted by atomic mass is 10.2. The van der Waals surface area contributed by atoms with Gasteiger partial charge in [0.25, 0.3) is 0 Å². The third-order valence-corrected chi connectivity index (χ3v) is 4.51. The SMILES string of the molecule is CC1CC1C(Br)Cc1cccs1. The van der Waals surface area contributed by atoms with Crippen molar-refractivity contribution in [1.82, 2.24) is 0 Å². The molecular weight excluding hydrogens is 232 g/mol. The molecule has 1 aliphatic carbocycles. The molecule has 0 N–H and O–H groups in total. The second-order valence-corrected chi connectivity index (χ2v) is 5.88. The number of halogens is 1. The molecule has 3 unspecified atom stereocenters. The van der Waals surface area contributed by atoms with Gasteiger partial charge in [0.2, 0.25) is 0 Å². The predicted molar refractivity (Wildman–Crippen MR) is 58.0 cm³/mol. The van der Waals surface area contributed by atoms with Crippen molar-refractivity contribution < 1.29 is 0 Å². The number of hydrogen-bond donors (Lipinski definition) is 0. The van der Waals surface area contributed by atoms with Gasteiger partial charge in [0.15, 0.2) is 0 Å². The Labute approximate surface area is 86.1 Å². The molecule has 1 aromatic rings. The minimum Gasteiger partial charge on any atom is -0.149 e. The Morgan fingerprint density at radius 1 is 1.75 bits per heavy atom. The van der Waals surface area contributed by atoms with Crippen LogP contribution in [-0.4, -0.2) is 4.83 Å². The molecule has 12 heavy (non-hydrogen) atoms. The summed E-state index contributed by atoms with van der Waals surface area (Å²) >= 11 is 5.64. The van der Waals surface area contributed by atoms with E-state index in [0.717, 1.165) is 11.8 Å². The van der Waals surface area contributed by atoms with Crippen LogP contribution in [0.2, 0.25) is 0 Å². The average Bonchev–Trinajstić information content (AvgIpc) is 2.58. The zero-order valence-electron chi connectivity index (χ0n) is 7.16. The predicted octanol–water partition coefficient (Wildman–Crippen LogP) is 3.71. The van der Waals surface area contributed by atoms with E-state index in [4.69, 9.17) is 0 Å². The topological polar surface area (TPSA) is 0 Å². The number of hydrogen-bond acceptors (Lipinski definition) is 1. The lowest BCUT2D eigenvalue weighted by Crippen LogP contribution is -2.04. The third kappa shape index (κ3) is 1.91. The van der Waals surface area contributed by atoms with E-state index in [1.807, 2.05) is 11.3 Å². The summed E-state index contributed by atoms with van der Waals surface area (Å²) in [5.74, 6) is 1.89. The summed E-state index contributed by atoms with van der Waals surface area (Å²) in [4.78, 5) is 2.22. The molecule has 1 saturated carbocycles. The molecule has 0 saturated heterocycles. The van der Waals surface area contributed by atoms with Crippen molar-refractivity contribution in [2.75, 3.05) is 0 Å². The van der Waals surface area contributed by atoms with Crippen molar-refractivity contribution in [3.8, 4) is 0 Å². The largest absolute Gasteiger partial charge is 0.149 e. The summed E-state index contributed by atoms with van der Waals surface area (Å²) in [5.41, 5.74) is 0. The fraction of sp³-hybridized carbons (Fsp3) is 0.600. The lowest BCUT2D eigenvalue weighted by molar-refractivity contribution is 0.706. The van der Waals surface area contributed by atoms with E-state index in [2.05, 4.69) is 40.4 Å². The molecule has 0 spiro atoms. The van der Waals surface area contributed by atoms with E-state index in [-0.39, 0.29) is 0 Å². The summed E-state index contributed by atoms with van der Waals surface area (Å²) < 4.78 is 0. The second-order valence-electron chi connectivity index (χ2n) is 3.68. The number of rotatable bonds is 3. The van der Waals surface area contributed by atoms with Crippen LogP contribution in [0.4, 0.5) is 0 Å². The first-order valence-electron chi connectivity index (χ1n) is 4.44. The van der Waals surface area contributed by atoms with Crippen molar-refractivity contribution in [3.05, 3.63) is 22.4 Å². The highest BCUT2D eigenvalue weighted by atomic mass is 79.9. The minimum atomic E-state index is 0.714. The first-order chi connectivity index (χ1) is 5.77. The molecule has 0 aromatic carbocycles. The molecule has 0 nitrogen and oxygen atoms in total. The highest BCUT2D eigenvalue weighted by Crippen LogP contribution is 2.44. The van der Waals surface area contributed by atoms with Crippen LogP contribution in [0.1, 0.15) is 18.2 Å². The standard InChI is InChI=1S/C10H13BrS/c1-7-5-9(7)10(11)6-8-3-2-4-12-8/h2-4,7,9-10H,5-6H2,1H3. The van der Waals surface area contributed by atoms with Crippen molar-refractivity contribution in [2.24, 2.45) is 11.8 Å². The van der Waals surface area contributed by atoms with E-state index in [9.17, 15) is 0 Å². The van der Waals surface area contributed by atoms with Crippen LogP contribution >= 0.6 is 27.3 Å².